The summed E-state index contributed by atoms with van der Waals surface area (Å²) in [5.74, 6) is 2.06. The molecule has 3 aromatic heterocycles. The molecule has 1 aliphatic heterocycles. The van der Waals surface area contributed by atoms with Gasteiger partial charge in [-0.3, -0.25) is 13.7 Å². The minimum Gasteiger partial charge on any atom is -0.458 e. The summed E-state index contributed by atoms with van der Waals surface area (Å²) in [6.45, 7) is 6.69. The van der Waals surface area contributed by atoms with Gasteiger partial charge in [-0.25, -0.2) is 4.98 Å². The Bertz CT molecular complexity index is 4950. The van der Waals surface area contributed by atoms with Crippen molar-refractivity contribution in [1.29, 1.82) is 0 Å². The summed E-state index contributed by atoms with van der Waals surface area (Å²) < 4.78 is 58.1. The first-order valence-electron chi connectivity index (χ1n) is 30.3. The SMILES string of the molecule is [2H]c1c([2H])c([2H])c(-c2cccc3c2-[n+]2[c-]n(-c4cccc(Oc5ccc6c7cc([Si](c8ccccc8)(c8ccccc8)c8ccccc8)ccc7n(-c7cc(C(C)(C)C)ccn7)c6c5)c4)c4cccc(c42)-c2ccccc2-c2ccccc2-3)c([2H])c1[2H]. The molecule has 0 amide bonds. The fourth-order valence-corrected chi connectivity index (χ4v) is 17.4. The van der Waals surface area contributed by atoms with Gasteiger partial charge < -0.3 is 4.74 Å². The third kappa shape index (κ3) is 7.97. The lowest BCUT2D eigenvalue weighted by atomic mass is 9.88. The Labute approximate surface area is 486 Å². The summed E-state index contributed by atoms with van der Waals surface area (Å²) in [4.78, 5) is 5.09. The second-order valence-corrected chi connectivity index (χ2v) is 25.9. The largest absolute Gasteiger partial charge is 0.458 e. The number of para-hydroxylation sites is 2. The van der Waals surface area contributed by atoms with E-state index >= 15 is 0 Å². The number of pyridine rings is 1. The molecule has 5 nitrogen and oxygen atoms in total. The van der Waals surface area contributed by atoms with Crippen LogP contribution >= 0.6 is 0 Å². The first-order valence-corrected chi connectivity index (χ1v) is 29.8. The van der Waals surface area contributed by atoms with Crippen LogP contribution in [-0.2, 0) is 5.41 Å². The molecule has 4 heterocycles. The number of hydrogen-bond acceptors (Lipinski definition) is 2. The third-order valence-electron chi connectivity index (χ3n) is 16.4. The fourth-order valence-electron chi connectivity index (χ4n) is 12.7. The molecule has 0 N–H and O–H groups in total. The smallest absolute Gasteiger partial charge is 0.269 e. The van der Waals surface area contributed by atoms with E-state index in [0.717, 1.165) is 77.7 Å². The zero-order valence-electron chi connectivity index (χ0n) is 50.4. The highest BCUT2D eigenvalue weighted by Gasteiger charge is 2.42. The first kappa shape index (κ1) is 43.7. The maximum absolute atomic E-state index is 9.29. The van der Waals surface area contributed by atoms with Crippen molar-refractivity contribution in [3.8, 4) is 73.2 Å². The second-order valence-electron chi connectivity index (χ2n) is 22.1. The van der Waals surface area contributed by atoms with Crippen molar-refractivity contribution in [3.63, 3.8) is 0 Å². The normalized spacial score (nSPS) is 12.9. The van der Waals surface area contributed by atoms with E-state index in [0.29, 0.717) is 22.7 Å². The second kappa shape index (κ2) is 19.6. The standard InChI is InChI=1S/C76H56N4OSi/c1-76(2,3)53-45-46-77-73(47-53)80-70-44-42-60(82(57-27-10-5-11-28-57,58-29-12-6-13-30-58)59-31-14-7-15-32-59)50-69(70)66-43-41-56(49-72(66)80)81-55-26-20-25-54(48-55)78-51-79-74-61(52-23-8-4-9-24-52)37-21-38-67(74)64-35-18-16-33-62(64)63-34-17-19-36-65(63)68-39-22-40-71(78)75(68)79/h4-50H,1-3H3/i4D,8D,9D,23D,24D. The van der Waals surface area contributed by atoms with Gasteiger partial charge in [-0.15, -0.1) is 0 Å². The van der Waals surface area contributed by atoms with Gasteiger partial charge in [0.25, 0.3) is 6.33 Å². The Morgan fingerprint density at radius 3 is 1.71 bits per heavy atom. The van der Waals surface area contributed by atoms with E-state index in [2.05, 4.69) is 226 Å². The molecule has 0 spiro atoms. The predicted molar refractivity (Wildman–Crippen MR) is 340 cm³/mol. The topological polar surface area (TPSA) is 35.9 Å². The molecule has 0 bridgehead atoms. The van der Waals surface area contributed by atoms with E-state index in [1.807, 2.05) is 69.9 Å². The van der Waals surface area contributed by atoms with E-state index in [-0.39, 0.29) is 23.1 Å². The molecular formula is C76H56N4OSi. The minimum absolute atomic E-state index is 0.109. The molecule has 14 aromatic rings. The average Bonchev–Trinajstić information content (AvgIpc) is 1.75. The van der Waals surface area contributed by atoms with Crippen molar-refractivity contribution < 1.29 is 16.2 Å². The van der Waals surface area contributed by atoms with Gasteiger partial charge >= 0.3 is 0 Å². The number of aromatic nitrogens is 4. The lowest BCUT2D eigenvalue weighted by molar-refractivity contribution is -0.570. The van der Waals surface area contributed by atoms with Crippen LogP contribution in [0.1, 0.15) is 33.2 Å². The molecule has 0 saturated carbocycles. The molecular weight excluding hydrogens is 1010 g/mol. The molecule has 82 heavy (non-hydrogen) atoms. The van der Waals surface area contributed by atoms with Gasteiger partial charge in [0, 0.05) is 23.0 Å². The molecule has 0 saturated heterocycles. The number of hydrogen-bond donors (Lipinski definition) is 0. The zero-order chi connectivity index (χ0) is 59.3. The van der Waals surface area contributed by atoms with Crippen LogP contribution in [0, 0.1) is 6.33 Å². The van der Waals surface area contributed by atoms with Gasteiger partial charge in [0.05, 0.1) is 40.3 Å². The molecule has 390 valence electrons. The third-order valence-corrected chi connectivity index (χ3v) is 21.2. The van der Waals surface area contributed by atoms with Crippen LogP contribution in [0.4, 0.5) is 0 Å². The number of imidazole rings is 1. The van der Waals surface area contributed by atoms with Gasteiger partial charge in [-0.05, 0) is 125 Å². The highest BCUT2D eigenvalue weighted by Crippen LogP contribution is 2.45. The van der Waals surface area contributed by atoms with E-state index < -0.39 is 26.2 Å². The lowest BCUT2D eigenvalue weighted by Gasteiger charge is -2.34. The number of fused-ring (bicyclic) bond motifs is 10. The maximum atomic E-state index is 9.29. The van der Waals surface area contributed by atoms with Gasteiger partial charge in [0.2, 0.25) is 0 Å². The number of nitrogens with zero attached hydrogens (tertiary/aromatic N) is 4. The van der Waals surface area contributed by atoms with Crippen LogP contribution in [0.15, 0.2) is 285 Å². The maximum Gasteiger partial charge on any atom is 0.269 e. The summed E-state index contributed by atoms with van der Waals surface area (Å²) in [5.41, 5.74) is 12.4. The van der Waals surface area contributed by atoms with Crippen molar-refractivity contribution in [2.75, 3.05) is 0 Å². The summed E-state index contributed by atoms with van der Waals surface area (Å²) in [6, 6.07) is 85.8. The number of ether oxygens (including phenoxy) is 1. The Balaban J connectivity index is 0.916. The van der Waals surface area contributed by atoms with E-state index in [1.54, 1.807) is 0 Å². The average molecular weight is 1070 g/mol. The van der Waals surface area contributed by atoms with Crippen LogP contribution in [0.5, 0.6) is 11.5 Å². The minimum atomic E-state index is -2.90. The van der Waals surface area contributed by atoms with Gasteiger partial charge in [0.15, 0.2) is 8.07 Å². The monoisotopic (exact) mass is 1070 g/mol. The Morgan fingerprint density at radius 2 is 1.04 bits per heavy atom. The summed E-state index contributed by atoms with van der Waals surface area (Å²) in [6.07, 6.45) is 5.70. The van der Waals surface area contributed by atoms with Crippen molar-refractivity contribution in [3.05, 3.63) is 297 Å². The molecule has 1 aliphatic rings. The number of rotatable bonds is 9. The highest BCUT2D eigenvalue weighted by molar-refractivity contribution is 7.20. The lowest BCUT2D eigenvalue weighted by Crippen LogP contribution is -2.74. The molecule has 0 fully saturated rings. The zero-order valence-corrected chi connectivity index (χ0v) is 46.4. The molecule has 0 radical (unpaired) electrons. The van der Waals surface area contributed by atoms with Crippen molar-refractivity contribution in [2.45, 2.75) is 26.2 Å². The quantitative estimate of drug-likeness (QED) is 0.0625. The summed E-state index contributed by atoms with van der Waals surface area (Å²) >= 11 is 0. The van der Waals surface area contributed by atoms with Crippen molar-refractivity contribution in [1.82, 2.24) is 14.1 Å². The van der Waals surface area contributed by atoms with E-state index in [4.69, 9.17) is 13.8 Å². The number of benzene rings is 11. The highest BCUT2D eigenvalue weighted by atomic mass is 28.3. The molecule has 11 aromatic carbocycles. The van der Waals surface area contributed by atoms with Crippen LogP contribution in [0.25, 0.3) is 94.5 Å². The first-order chi connectivity index (χ1) is 42.4. The Hall–Kier alpha value is -10.1. The van der Waals surface area contributed by atoms with Gasteiger partial charge in [-0.2, -0.15) is 0 Å². The Morgan fingerprint density at radius 1 is 0.463 bits per heavy atom. The van der Waals surface area contributed by atoms with Gasteiger partial charge in [0.1, 0.15) is 17.3 Å². The van der Waals surface area contributed by atoms with E-state index in [1.165, 1.54) is 26.3 Å². The fraction of sp³-hybridized carbons (Fsp3) is 0.0526. The molecule has 0 atom stereocenters. The summed E-state index contributed by atoms with van der Waals surface area (Å²) in [5, 5.41) is 7.37. The van der Waals surface area contributed by atoms with Gasteiger partial charge in [-0.1, -0.05) is 245 Å². The van der Waals surface area contributed by atoms with Crippen LogP contribution in [-0.4, -0.2) is 22.2 Å². The van der Waals surface area contributed by atoms with Crippen molar-refractivity contribution in [2.24, 2.45) is 0 Å². The van der Waals surface area contributed by atoms with Crippen LogP contribution in [0.2, 0.25) is 0 Å². The summed E-state index contributed by atoms with van der Waals surface area (Å²) in [7, 11) is -2.90. The molecule has 15 rings (SSSR count). The van der Waals surface area contributed by atoms with Crippen molar-refractivity contribution >= 4 is 61.7 Å². The van der Waals surface area contributed by atoms with Crippen LogP contribution in [0.3, 0.4) is 0 Å². The van der Waals surface area contributed by atoms with E-state index in [9.17, 15) is 2.74 Å². The Kier molecular flexibility index (Phi) is 10.4. The molecule has 0 aliphatic carbocycles. The molecule has 0 unspecified atom stereocenters. The molecule has 6 heteroatoms. The van der Waals surface area contributed by atoms with Crippen LogP contribution < -0.4 is 30.1 Å². The predicted octanol–water partition coefficient (Wildman–Crippen LogP) is 15.6.